The first kappa shape index (κ1) is 13.8. The Morgan fingerprint density at radius 3 is 2.76 bits per heavy atom. The van der Waals surface area contributed by atoms with E-state index in [4.69, 9.17) is 17.0 Å². The zero-order valence-electron chi connectivity index (χ0n) is 11.6. The van der Waals surface area contributed by atoms with Crippen molar-refractivity contribution >= 4 is 23.3 Å². The summed E-state index contributed by atoms with van der Waals surface area (Å²) in [5, 5.41) is 0. The highest BCUT2D eigenvalue weighted by Crippen LogP contribution is 2.19. The molecule has 0 aliphatic carbocycles. The molecule has 0 amide bonds. The second-order valence-electron chi connectivity index (χ2n) is 4.86. The van der Waals surface area contributed by atoms with Gasteiger partial charge in [-0.1, -0.05) is 18.2 Å². The lowest BCUT2D eigenvalue weighted by Crippen LogP contribution is -2.08. The molecule has 0 unspecified atom stereocenters. The zero-order valence-corrected chi connectivity index (χ0v) is 12.4. The van der Waals surface area contributed by atoms with Crippen LogP contribution in [0, 0.1) is 17.5 Å². The third kappa shape index (κ3) is 2.83. The first-order valence-corrected chi connectivity index (χ1v) is 7.12. The van der Waals surface area contributed by atoms with E-state index in [1.165, 1.54) is 6.07 Å². The number of hydrogen-bond donors (Lipinski definition) is 1. The average molecular weight is 302 g/mol. The van der Waals surface area contributed by atoms with Gasteiger partial charge in [0.25, 0.3) is 0 Å². The SMILES string of the molecule is Cc1cc2c(cc1F)[nH]c(=S)n2CCOc1ccccc1. The number of hydrogen-bond acceptors (Lipinski definition) is 2. The van der Waals surface area contributed by atoms with E-state index in [0.717, 1.165) is 11.3 Å². The molecule has 0 spiro atoms. The molecular weight excluding hydrogens is 287 g/mol. The van der Waals surface area contributed by atoms with Crippen LogP contribution >= 0.6 is 12.2 Å². The highest BCUT2D eigenvalue weighted by atomic mass is 32.1. The largest absolute Gasteiger partial charge is 0.492 e. The van der Waals surface area contributed by atoms with Crippen LogP contribution in [0.25, 0.3) is 11.0 Å². The van der Waals surface area contributed by atoms with Crippen molar-refractivity contribution in [2.45, 2.75) is 13.5 Å². The van der Waals surface area contributed by atoms with E-state index in [2.05, 4.69) is 4.98 Å². The minimum atomic E-state index is -0.230. The number of benzene rings is 2. The maximum atomic E-state index is 13.6. The lowest BCUT2D eigenvalue weighted by Gasteiger charge is -2.08. The number of para-hydroxylation sites is 1. The van der Waals surface area contributed by atoms with E-state index in [9.17, 15) is 4.39 Å². The number of nitrogens with zero attached hydrogens (tertiary/aromatic N) is 1. The number of fused-ring (bicyclic) bond motifs is 1. The Hall–Kier alpha value is -2.14. The van der Waals surface area contributed by atoms with E-state index in [-0.39, 0.29) is 5.82 Å². The molecule has 1 N–H and O–H groups in total. The number of H-pyrrole nitrogens is 1. The molecule has 0 saturated heterocycles. The molecule has 0 saturated carbocycles. The van der Waals surface area contributed by atoms with E-state index in [1.54, 1.807) is 13.0 Å². The van der Waals surface area contributed by atoms with E-state index >= 15 is 0 Å². The summed E-state index contributed by atoms with van der Waals surface area (Å²) in [6.07, 6.45) is 0. The summed E-state index contributed by atoms with van der Waals surface area (Å²) in [5.41, 5.74) is 2.22. The molecule has 1 aromatic heterocycles. The molecule has 21 heavy (non-hydrogen) atoms. The van der Waals surface area contributed by atoms with Crippen LogP contribution in [0.5, 0.6) is 5.75 Å². The van der Waals surface area contributed by atoms with Crippen molar-refractivity contribution in [1.29, 1.82) is 0 Å². The molecular formula is C16H15FN2OS. The van der Waals surface area contributed by atoms with Gasteiger partial charge in [-0.15, -0.1) is 0 Å². The van der Waals surface area contributed by atoms with Crippen molar-refractivity contribution < 1.29 is 9.13 Å². The molecule has 1 heterocycles. The third-order valence-electron chi connectivity index (χ3n) is 3.38. The Morgan fingerprint density at radius 1 is 1.24 bits per heavy atom. The van der Waals surface area contributed by atoms with Gasteiger partial charge in [-0.25, -0.2) is 4.39 Å². The number of halogens is 1. The average Bonchev–Trinajstić information content (AvgIpc) is 2.76. The maximum absolute atomic E-state index is 13.6. The molecule has 3 rings (SSSR count). The molecule has 0 radical (unpaired) electrons. The Kier molecular flexibility index (Phi) is 3.75. The van der Waals surface area contributed by atoms with Gasteiger partial charge in [0.1, 0.15) is 18.2 Å². The summed E-state index contributed by atoms with van der Waals surface area (Å²) in [5.74, 6) is 0.595. The number of aromatic nitrogens is 2. The first-order chi connectivity index (χ1) is 10.1. The number of rotatable bonds is 4. The van der Waals surface area contributed by atoms with Gasteiger partial charge in [0.2, 0.25) is 0 Å². The van der Waals surface area contributed by atoms with Crippen LogP contribution < -0.4 is 4.74 Å². The number of aromatic amines is 1. The van der Waals surface area contributed by atoms with Crippen molar-refractivity contribution in [3.05, 3.63) is 58.6 Å². The minimum absolute atomic E-state index is 0.230. The molecule has 3 nitrogen and oxygen atoms in total. The van der Waals surface area contributed by atoms with Gasteiger partial charge in [-0.3, -0.25) is 0 Å². The Labute approximate surface area is 127 Å². The Bertz CT molecular complexity index is 823. The van der Waals surface area contributed by atoms with Crippen LogP contribution in [0.1, 0.15) is 5.56 Å². The number of imidazole rings is 1. The molecule has 0 aliphatic heterocycles. The fraction of sp³-hybridized carbons (Fsp3) is 0.188. The third-order valence-corrected chi connectivity index (χ3v) is 3.70. The summed E-state index contributed by atoms with van der Waals surface area (Å²) < 4.78 is 21.8. The van der Waals surface area contributed by atoms with Gasteiger partial charge < -0.3 is 14.3 Å². The Morgan fingerprint density at radius 2 is 2.00 bits per heavy atom. The summed E-state index contributed by atoms with van der Waals surface area (Å²) in [7, 11) is 0. The molecule has 3 aromatic rings. The molecule has 0 fully saturated rings. The number of nitrogens with one attached hydrogen (secondary N) is 1. The zero-order chi connectivity index (χ0) is 14.8. The number of aryl methyl sites for hydroxylation is 1. The van der Waals surface area contributed by atoms with Gasteiger partial charge in [0.05, 0.1) is 17.6 Å². The van der Waals surface area contributed by atoms with Gasteiger partial charge in [-0.05, 0) is 49.0 Å². The van der Waals surface area contributed by atoms with Crippen molar-refractivity contribution in [3.63, 3.8) is 0 Å². The highest BCUT2D eigenvalue weighted by molar-refractivity contribution is 7.71. The normalized spacial score (nSPS) is 11.0. The van der Waals surface area contributed by atoms with E-state index < -0.39 is 0 Å². The summed E-state index contributed by atoms with van der Waals surface area (Å²) in [6.45, 7) is 2.86. The molecule has 0 aliphatic rings. The van der Waals surface area contributed by atoms with Gasteiger partial charge in [-0.2, -0.15) is 0 Å². The van der Waals surface area contributed by atoms with Crippen molar-refractivity contribution in [3.8, 4) is 5.75 Å². The van der Waals surface area contributed by atoms with E-state index in [0.29, 0.717) is 29.0 Å². The summed E-state index contributed by atoms with van der Waals surface area (Å²) in [6, 6.07) is 12.9. The predicted octanol–water partition coefficient (Wildman–Crippen LogP) is 4.23. The number of ether oxygens (including phenoxy) is 1. The molecule has 5 heteroatoms. The van der Waals surface area contributed by atoms with E-state index in [1.807, 2.05) is 34.9 Å². The lowest BCUT2D eigenvalue weighted by molar-refractivity contribution is 0.299. The van der Waals surface area contributed by atoms with Crippen LogP contribution in [0.2, 0.25) is 0 Å². The van der Waals surface area contributed by atoms with Crippen LogP contribution in [0.3, 0.4) is 0 Å². The smallest absolute Gasteiger partial charge is 0.178 e. The van der Waals surface area contributed by atoms with Crippen molar-refractivity contribution in [1.82, 2.24) is 9.55 Å². The Balaban J connectivity index is 1.82. The minimum Gasteiger partial charge on any atom is -0.492 e. The van der Waals surface area contributed by atoms with Gasteiger partial charge >= 0.3 is 0 Å². The fourth-order valence-electron chi connectivity index (χ4n) is 2.28. The van der Waals surface area contributed by atoms with Gasteiger partial charge in [0, 0.05) is 0 Å². The first-order valence-electron chi connectivity index (χ1n) is 6.71. The highest BCUT2D eigenvalue weighted by Gasteiger charge is 2.08. The monoisotopic (exact) mass is 302 g/mol. The molecule has 0 atom stereocenters. The van der Waals surface area contributed by atoms with Crippen LogP contribution in [0.15, 0.2) is 42.5 Å². The predicted molar refractivity (Wildman–Crippen MR) is 83.8 cm³/mol. The topological polar surface area (TPSA) is 29.9 Å². The standard InChI is InChI=1S/C16H15FN2OS/c1-11-9-15-14(10-13(11)17)18-16(21)19(15)7-8-20-12-5-3-2-4-6-12/h2-6,9-10H,7-8H2,1H3,(H,18,21). The summed E-state index contributed by atoms with van der Waals surface area (Å²) in [4.78, 5) is 3.03. The van der Waals surface area contributed by atoms with Crippen LogP contribution in [-0.2, 0) is 6.54 Å². The summed E-state index contributed by atoms with van der Waals surface area (Å²) >= 11 is 5.30. The van der Waals surface area contributed by atoms with Crippen LogP contribution in [-0.4, -0.2) is 16.2 Å². The van der Waals surface area contributed by atoms with Crippen molar-refractivity contribution in [2.75, 3.05) is 6.61 Å². The lowest BCUT2D eigenvalue weighted by atomic mass is 10.2. The molecule has 108 valence electrons. The maximum Gasteiger partial charge on any atom is 0.178 e. The second kappa shape index (κ2) is 5.69. The van der Waals surface area contributed by atoms with Crippen LogP contribution in [0.4, 0.5) is 4.39 Å². The van der Waals surface area contributed by atoms with Gasteiger partial charge in [0.15, 0.2) is 4.77 Å². The fourth-order valence-corrected chi connectivity index (χ4v) is 2.57. The molecule has 0 bridgehead atoms. The van der Waals surface area contributed by atoms with Crippen molar-refractivity contribution in [2.24, 2.45) is 0 Å². The quantitative estimate of drug-likeness (QED) is 0.731. The molecule has 2 aromatic carbocycles. The second-order valence-corrected chi connectivity index (χ2v) is 5.25.